The van der Waals surface area contributed by atoms with E-state index in [1.165, 1.54) is 43.6 Å². The molecule has 0 N–H and O–H groups in total. The zero-order valence-electron chi connectivity index (χ0n) is 20.1. The van der Waals surface area contributed by atoms with E-state index in [9.17, 15) is 0 Å². The van der Waals surface area contributed by atoms with E-state index in [1.54, 1.807) is 0 Å². The summed E-state index contributed by atoms with van der Waals surface area (Å²) >= 11 is 0. The van der Waals surface area contributed by atoms with Gasteiger partial charge < -0.3 is 0 Å². The van der Waals surface area contributed by atoms with E-state index in [1.807, 2.05) is 0 Å². The molecule has 4 heteroatoms. The van der Waals surface area contributed by atoms with Gasteiger partial charge in [0.05, 0.1) is 22.1 Å². The summed E-state index contributed by atoms with van der Waals surface area (Å²) in [7, 11) is 0.500. The number of fused-ring (bicyclic) bond motifs is 6. The number of aromatic nitrogens is 2. The zero-order valence-corrected chi connectivity index (χ0v) is 21.7. The predicted octanol–water partition coefficient (Wildman–Crippen LogP) is 9.40. The molecule has 34 heavy (non-hydrogen) atoms. The maximum absolute atomic E-state index is 2.71. The molecule has 4 aromatic carbocycles. The Morgan fingerprint density at radius 3 is 1.06 bits per heavy atom. The van der Waals surface area contributed by atoms with Gasteiger partial charge in [-0.25, -0.2) is 0 Å². The first-order chi connectivity index (χ1) is 16.5. The Morgan fingerprint density at radius 1 is 0.500 bits per heavy atom. The van der Waals surface area contributed by atoms with Gasteiger partial charge in [0.2, 0.25) is 0 Å². The standard InChI is InChI=1S/C30H30N2S2/c1-21(2)33-34(22(3)4,31-27-17-9-5-13-23(27)24-14-6-10-18-28(24)31)32-29-19-11-7-15-25(29)26-16-8-12-20-30(26)32/h5-22H,1-4H3. The highest BCUT2D eigenvalue weighted by Gasteiger charge is 2.38. The van der Waals surface area contributed by atoms with Crippen LogP contribution in [0, 0.1) is 0 Å². The third kappa shape index (κ3) is 2.98. The SMILES string of the molecule is CC(C)SS(C(C)C)(n1c2ccccc2c2ccccc21)n1c2ccccc2c2ccccc21. The van der Waals surface area contributed by atoms with Crippen molar-refractivity contribution >= 4 is 63.8 Å². The molecular formula is C30H30N2S2. The highest BCUT2D eigenvalue weighted by Crippen LogP contribution is 2.70. The molecular weight excluding hydrogens is 452 g/mol. The summed E-state index contributed by atoms with van der Waals surface area (Å²) in [5, 5.41) is 6.21. The van der Waals surface area contributed by atoms with Crippen molar-refractivity contribution in [3.8, 4) is 0 Å². The number of hydrogen-bond donors (Lipinski definition) is 0. The van der Waals surface area contributed by atoms with Gasteiger partial charge in [-0.15, -0.1) is 0 Å². The van der Waals surface area contributed by atoms with Crippen molar-refractivity contribution in [2.24, 2.45) is 0 Å². The summed E-state index contributed by atoms with van der Waals surface area (Å²) in [6, 6.07) is 35.8. The topological polar surface area (TPSA) is 9.86 Å². The Balaban J connectivity index is 1.88. The van der Waals surface area contributed by atoms with Crippen molar-refractivity contribution in [1.29, 1.82) is 0 Å². The van der Waals surface area contributed by atoms with Gasteiger partial charge in [0.1, 0.15) is 0 Å². The molecule has 0 aliphatic heterocycles. The van der Waals surface area contributed by atoms with Crippen LogP contribution in [0.3, 0.4) is 0 Å². The lowest BCUT2D eigenvalue weighted by molar-refractivity contribution is 1.05. The van der Waals surface area contributed by atoms with E-state index >= 15 is 0 Å². The van der Waals surface area contributed by atoms with E-state index in [0.29, 0.717) is 10.5 Å². The van der Waals surface area contributed by atoms with Gasteiger partial charge in [0.15, 0.2) is 0 Å². The summed E-state index contributed by atoms with van der Waals surface area (Å²) in [5.41, 5.74) is 5.29. The van der Waals surface area contributed by atoms with E-state index in [4.69, 9.17) is 0 Å². The average Bonchev–Trinajstić information content (AvgIpc) is 3.36. The van der Waals surface area contributed by atoms with Gasteiger partial charge in [-0.1, -0.05) is 111 Å². The van der Waals surface area contributed by atoms with E-state index in [0.717, 1.165) is 0 Å². The minimum atomic E-state index is -1.64. The van der Waals surface area contributed by atoms with E-state index in [2.05, 4.69) is 143 Å². The van der Waals surface area contributed by atoms with Crippen LogP contribution in [0.2, 0.25) is 0 Å². The molecule has 172 valence electrons. The molecule has 0 atom stereocenters. The van der Waals surface area contributed by atoms with E-state index < -0.39 is 9.43 Å². The highest BCUT2D eigenvalue weighted by molar-refractivity contribution is 8.93. The van der Waals surface area contributed by atoms with Crippen LogP contribution in [0.25, 0.3) is 43.6 Å². The number of para-hydroxylation sites is 4. The molecule has 0 spiro atoms. The monoisotopic (exact) mass is 482 g/mol. The minimum absolute atomic E-state index is 0.401. The van der Waals surface area contributed by atoms with Crippen LogP contribution in [0.1, 0.15) is 27.7 Å². The zero-order chi connectivity index (χ0) is 23.4. The van der Waals surface area contributed by atoms with Crippen LogP contribution < -0.4 is 0 Å². The molecule has 2 aromatic heterocycles. The third-order valence-electron chi connectivity index (χ3n) is 6.54. The molecule has 0 amide bonds. The first-order valence-corrected chi connectivity index (χ1v) is 15.0. The molecule has 6 aromatic rings. The lowest BCUT2D eigenvalue weighted by Crippen LogP contribution is -2.25. The van der Waals surface area contributed by atoms with Crippen LogP contribution in [0.4, 0.5) is 0 Å². The molecule has 0 saturated carbocycles. The first-order valence-electron chi connectivity index (χ1n) is 12.0. The smallest absolute Gasteiger partial charge is 0.0612 e. The number of benzene rings is 4. The van der Waals surface area contributed by atoms with Crippen LogP contribution in [0.15, 0.2) is 97.1 Å². The average molecular weight is 483 g/mol. The number of nitrogens with zero attached hydrogens (tertiary/aromatic N) is 2. The fourth-order valence-corrected chi connectivity index (χ4v) is 12.9. The van der Waals surface area contributed by atoms with Crippen molar-refractivity contribution in [2.75, 3.05) is 0 Å². The number of rotatable bonds is 5. The Kier molecular flexibility index (Phi) is 5.20. The van der Waals surface area contributed by atoms with Crippen molar-refractivity contribution in [3.63, 3.8) is 0 Å². The maximum Gasteiger partial charge on any atom is 0.0612 e. The lowest BCUT2D eigenvalue weighted by atomic mass is 10.2. The fraction of sp³-hybridized carbons (Fsp3) is 0.200. The predicted molar refractivity (Wildman–Crippen MR) is 155 cm³/mol. The second-order valence-corrected chi connectivity index (χ2v) is 15.3. The summed E-state index contributed by atoms with van der Waals surface area (Å²) in [5.74, 6) is 0. The van der Waals surface area contributed by atoms with Crippen LogP contribution >= 0.6 is 20.2 Å². The quantitative estimate of drug-likeness (QED) is 0.222. The molecule has 0 saturated heterocycles. The van der Waals surface area contributed by atoms with Crippen LogP contribution in [0.5, 0.6) is 0 Å². The number of hydrogen-bond acceptors (Lipinski definition) is 1. The minimum Gasteiger partial charge on any atom is -0.277 e. The molecule has 0 aliphatic rings. The van der Waals surface area contributed by atoms with Gasteiger partial charge in [0.25, 0.3) is 0 Å². The van der Waals surface area contributed by atoms with Gasteiger partial charge >= 0.3 is 0 Å². The van der Waals surface area contributed by atoms with Crippen molar-refractivity contribution in [1.82, 2.24) is 7.94 Å². The molecule has 6 rings (SSSR count). The normalized spacial score (nSPS) is 13.2. The maximum atomic E-state index is 2.71. The Labute approximate surface area is 206 Å². The largest absolute Gasteiger partial charge is 0.277 e. The van der Waals surface area contributed by atoms with Gasteiger partial charge in [-0.2, -0.15) is 0 Å². The second kappa shape index (κ2) is 8.14. The summed E-state index contributed by atoms with van der Waals surface area (Å²) in [6.07, 6.45) is 0. The fourth-order valence-electron chi connectivity index (χ4n) is 5.32. The molecule has 0 radical (unpaired) electrons. The Morgan fingerprint density at radius 2 is 0.794 bits per heavy atom. The van der Waals surface area contributed by atoms with Gasteiger partial charge in [-0.3, -0.25) is 7.94 Å². The van der Waals surface area contributed by atoms with Crippen molar-refractivity contribution in [2.45, 2.75) is 38.2 Å². The lowest BCUT2D eigenvalue weighted by Gasteiger charge is -2.48. The molecule has 2 heterocycles. The first kappa shape index (κ1) is 21.7. The van der Waals surface area contributed by atoms with Crippen LogP contribution in [-0.2, 0) is 0 Å². The summed E-state index contributed by atoms with van der Waals surface area (Å²) < 4.78 is 5.43. The highest BCUT2D eigenvalue weighted by atomic mass is 33.2. The third-order valence-corrected chi connectivity index (χ3v) is 14.3. The van der Waals surface area contributed by atoms with E-state index in [-0.39, 0.29) is 0 Å². The van der Waals surface area contributed by atoms with Crippen molar-refractivity contribution < 1.29 is 0 Å². The molecule has 0 aliphatic carbocycles. The molecule has 0 fully saturated rings. The van der Waals surface area contributed by atoms with Gasteiger partial charge in [0, 0.05) is 32.0 Å². The van der Waals surface area contributed by atoms with Gasteiger partial charge in [-0.05, 0) is 33.7 Å². The Bertz CT molecular complexity index is 1430. The molecule has 0 unspecified atom stereocenters. The Hall–Kier alpha value is -2.82. The summed E-state index contributed by atoms with van der Waals surface area (Å²) in [4.78, 5) is 0. The van der Waals surface area contributed by atoms with Crippen LogP contribution in [-0.4, -0.2) is 18.4 Å². The molecule has 0 bridgehead atoms. The molecule has 2 nitrogen and oxygen atoms in total. The second-order valence-electron chi connectivity index (χ2n) is 9.39. The summed E-state index contributed by atoms with van der Waals surface area (Å²) in [6.45, 7) is 9.52. The van der Waals surface area contributed by atoms with Crippen molar-refractivity contribution in [3.05, 3.63) is 97.1 Å².